The molecule has 0 bridgehead atoms. The lowest BCUT2D eigenvalue weighted by Crippen LogP contribution is -2.56. The molecular weight excluding hydrogens is 482 g/mol. The van der Waals surface area contributed by atoms with Crippen molar-refractivity contribution in [1.29, 1.82) is 0 Å². The molecular formula is C25H45N5O5S. The molecule has 1 heterocycles. The molecule has 10 nitrogen and oxygen atoms in total. The van der Waals surface area contributed by atoms with Gasteiger partial charge in [-0.1, -0.05) is 41.5 Å². The largest absolute Gasteiger partial charge is 0.347 e. The smallest absolute Gasteiger partial charge is 0.243 e. The highest BCUT2D eigenvalue weighted by Gasteiger charge is 2.38. The third kappa shape index (κ3) is 10.5. The maximum Gasteiger partial charge on any atom is 0.243 e. The minimum absolute atomic E-state index is 0.0650. The molecule has 11 heteroatoms. The first-order valence-corrected chi connectivity index (χ1v) is 14.2. The fourth-order valence-electron chi connectivity index (χ4n) is 3.93. The average molecular weight is 528 g/mol. The first-order valence-electron chi connectivity index (χ1n) is 12.8. The fourth-order valence-corrected chi connectivity index (χ4v) is 4.40. The summed E-state index contributed by atoms with van der Waals surface area (Å²) in [6.07, 6.45) is 3.55. The van der Waals surface area contributed by atoms with Crippen LogP contribution < -0.4 is 21.3 Å². The van der Waals surface area contributed by atoms with E-state index in [0.717, 1.165) is 0 Å². The quantitative estimate of drug-likeness (QED) is 0.246. The molecule has 1 aliphatic rings. The van der Waals surface area contributed by atoms with Gasteiger partial charge in [-0.25, -0.2) is 0 Å². The summed E-state index contributed by atoms with van der Waals surface area (Å²) in [5, 5.41) is 11.2. The summed E-state index contributed by atoms with van der Waals surface area (Å²) in [5.41, 5.74) is 0. The second kappa shape index (κ2) is 15.9. The van der Waals surface area contributed by atoms with E-state index in [0.29, 0.717) is 31.6 Å². The molecule has 4 amide bonds. The molecule has 0 aliphatic carbocycles. The van der Waals surface area contributed by atoms with Crippen LogP contribution in [0.5, 0.6) is 0 Å². The van der Waals surface area contributed by atoms with Gasteiger partial charge in [0.1, 0.15) is 12.1 Å². The first-order chi connectivity index (χ1) is 16.9. The number of thioether (sulfide) groups is 1. The Hall–Kier alpha value is -2.14. The van der Waals surface area contributed by atoms with E-state index in [-0.39, 0.29) is 54.6 Å². The van der Waals surface area contributed by atoms with Crippen LogP contribution in [-0.2, 0) is 24.0 Å². The topological polar surface area (TPSA) is 137 Å². The molecule has 36 heavy (non-hydrogen) atoms. The molecule has 0 radical (unpaired) electrons. The Bertz CT molecular complexity index is 774. The molecule has 1 fully saturated rings. The van der Waals surface area contributed by atoms with Crippen LogP contribution in [0.3, 0.4) is 0 Å². The van der Waals surface area contributed by atoms with E-state index in [2.05, 4.69) is 21.3 Å². The van der Waals surface area contributed by atoms with E-state index in [4.69, 9.17) is 0 Å². The van der Waals surface area contributed by atoms with Crippen molar-refractivity contribution in [2.45, 2.75) is 85.0 Å². The Morgan fingerprint density at radius 2 is 1.64 bits per heavy atom. The Balaban J connectivity index is 2.70. The number of likely N-dealkylation sites (tertiary alicyclic amines) is 1. The number of rotatable bonds is 15. The second-order valence-electron chi connectivity index (χ2n) is 10.2. The molecule has 206 valence electrons. The van der Waals surface area contributed by atoms with E-state index < -0.39 is 23.9 Å². The predicted octanol–water partition coefficient (Wildman–Crippen LogP) is 0.695. The predicted molar refractivity (Wildman–Crippen MR) is 142 cm³/mol. The summed E-state index contributed by atoms with van der Waals surface area (Å²) < 4.78 is 0. The summed E-state index contributed by atoms with van der Waals surface area (Å²) in [5.74, 6) is -0.997. The van der Waals surface area contributed by atoms with Crippen LogP contribution in [0.25, 0.3) is 0 Å². The molecule has 3 atom stereocenters. The number of hydrogen-bond donors (Lipinski definition) is 4. The zero-order chi connectivity index (χ0) is 27.4. The van der Waals surface area contributed by atoms with Crippen molar-refractivity contribution in [3.8, 4) is 0 Å². The molecule has 0 spiro atoms. The molecule has 1 rings (SSSR count). The number of nitrogens with one attached hydrogen (secondary N) is 4. The number of hydrogen-bond acceptors (Lipinski definition) is 7. The monoisotopic (exact) mass is 527 g/mol. The normalized spacial score (nSPS) is 17.3. The number of carbonyl (C=O) groups excluding carboxylic acids is 5. The standard InChI is InChI=1S/C25H45N5O5S/c1-15(2)20(31)13-26-23(33)18(10-12-36-7)29-21(32)14-27-24(34)19-9-8-11-30(19)25(35)22(16(3)4)28-17(5)6/h15-19,22,28H,8-14H2,1-7H3,(H,26,33)(H,27,34)(H,29,32). The van der Waals surface area contributed by atoms with Crippen molar-refractivity contribution < 1.29 is 24.0 Å². The molecule has 1 saturated heterocycles. The number of ketones is 1. The van der Waals surface area contributed by atoms with Gasteiger partial charge in [0.05, 0.1) is 19.1 Å². The zero-order valence-corrected chi connectivity index (χ0v) is 23.6. The molecule has 1 aliphatic heterocycles. The van der Waals surface area contributed by atoms with Crippen LogP contribution in [0.4, 0.5) is 0 Å². The highest BCUT2D eigenvalue weighted by Crippen LogP contribution is 2.20. The van der Waals surface area contributed by atoms with Crippen molar-refractivity contribution in [3.63, 3.8) is 0 Å². The summed E-state index contributed by atoms with van der Waals surface area (Å²) in [6, 6.07) is -1.70. The molecule has 0 aromatic carbocycles. The van der Waals surface area contributed by atoms with Crippen LogP contribution in [0.2, 0.25) is 0 Å². The molecule has 0 aromatic rings. The Morgan fingerprint density at radius 1 is 0.972 bits per heavy atom. The van der Waals surface area contributed by atoms with Gasteiger partial charge in [-0.05, 0) is 37.2 Å². The highest BCUT2D eigenvalue weighted by molar-refractivity contribution is 7.98. The van der Waals surface area contributed by atoms with Gasteiger partial charge in [-0.2, -0.15) is 11.8 Å². The summed E-state index contributed by atoms with van der Waals surface area (Å²) in [7, 11) is 0. The van der Waals surface area contributed by atoms with Gasteiger partial charge in [0.2, 0.25) is 23.6 Å². The van der Waals surface area contributed by atoms with Gasteiger partial charge < -0.3 is 26.2 Å². The third-order valence-electron chi connectivity index (χ3n) is 6.05. The van der Waals surface area contributed by atoms with Crippen LogP contribution >= 0.6 is 11.8 Å². The van der Waals surface area contributed by atoms with E-state index in [9.17, 15) is 24.0 Å². The molecule has 4 N–H and O–H groups in total. The van der Waals surface area contributed by atoms with E-state index in [1.165, 1.54) is 11.8 Å². The van der Waals surface area contributed by atoms with Gasteiger partial charge in [-0.15, -0.1) is 0 Å². The second-order valence-corrected chi connectivity index (χ2v) is 11.2. The van der Waals surface area contributed by atoms with Crippen molar-refractivity contribution >= 4 is 41.2 Å². The van der Waals surface area contributed by atoms with Gasteiger partial charge >= 0.3 is 0 Å². The van der Waals surface area contributed by atoms with Crippen LogP contribution in [0.1, 0.15) is 60.8 Å². The van der Waals surface area contributed by atoms with Crippen molar-refractivity contribution in [2.75, 3.05) is 31.6 Å². The summed E-state index contributed by atoms with van der Waals surface area (Å²) >= 11 is 1.54. The number of nitrogens with zero attached hydrogens (tertiary/aromatic N) is 1. The van der Waals surface area contributed by atoms with Crippen LogP contribution in [-0.4, -0.2) is 90.1 Å². The maximum atomic E-state index is 13.2. The summed E-state index contributed by atoms with van der Waals surface area (Å²) in [4.78, 5) is 64.6. The van der Waals surface area contributed by atoms with Crippen molar-refractivity contribution in [3.05, 3.63) is 0 Å². The summed E-state index contributed by atoms with van der Waals surface area (Å²) in [6.45, 7) is 11.5. The SMILES string of the molecule is CSCCC(NC(=O)CNC(=O)C1CCCN1C(=O)C(NC(C)C)C(C)C)C(=O)NCC(=O)C(C)C. The Kier molecular flexibility index (Phi) is 14.0. The number of carbonyl (C=O) groups is 5. The lowest BCUT2D eigenvalue weighted by atomic mass is 10.0. The van der Waals surface area contributed by atoms with Gasteiger partial charge in [-0.3, -0.25) is 24.0 Å². The van der Waals surface area contributed by atoms with Gasteiger partial charge in [0.25, 0.3) is 0 Å². The number of Topliss-reactive ketones (excluding diaryl/α,β-unsaturated/α-hetero) is 1. The average Bonchev–Trinajstić information content (AvgIpc) is 3.31. The van der Waals surface area contributed by atoms with E-state index in [1.54, 1.807) is 18.7 Å². The molecule has 0 saturated carbocycles. The van der Waals surface area contributed by atoms with Crippen LogP contribution in [0, 0.1) is 11.8 Å². The Morgan fingerprint density at radius 3 is 2.19 bits per heavy atom. The number of amides is 4. The Labute approximate surface area is 219 Å². The van der Waals surface area contributed by atoms with Crippen LogP contribution in [0.15, 0.2) is 0 Å². The van der Waals surface area contributed by atoms with Gasteiger partial charge in [0.15, 0.2) is 5.78 Å². The molecule has 0 aromatic heterocycles. The fraction of sp³-hybridized carbons (Fsp3) is 0.800. The highest BCUT2D eigenvalue weighted by atomic mass is 32.2. The third-order valence-corrected chi connectivity index (χ3v) is 6.69. The van der Waals surface area contributed by atoms with Gasteiger partial charge in [0, 0.05) is 18.5 Å². The van der Waals surface area contributed by atoms with E-state index >= 15 is 0 Å². The van der Waals surface area contributed by atoms with Crippen molar-refractivity contribution in [2.24, 2.45) is 11.8 Å². The minimum atomic E-state index is -0.805. The first kappa shape index (κ1) is 31.9. The van der Waals surface area contributed by atoms with E-state index in [1.807, 2.05) is 34.0 Å². The maximum absolute atomic E-state index is 13.2. The lowest BCUT2D eigenvalue weighted by molar-refractivity contribution is -0.141. The van der Waals surface area contributed by atoms with Crippen molar-refractivity contribution in [1.82, 2.24) is 26.2 Å². The molecule has 3 unspecified atom stereocenters. The lowest BCUT2D eigenvalue weighted by Gasteiger charge is -2.31. The zero-order valence-electron chi connectivity index (χ0n) is 22.8. The minimum Gasteiger partial charge on any atom is -0.347 e.